The molecule has 0 unspecified atom stereocenters. The topological polar surface area (TPSA) is 78.8 Å². The number of aromatic nitrogens is 1. The van der Waals surface area contributed by atoms with Crippen molar-refractivity contribution >= 4 is 23.2 Å². The van der Waals surface area contributed by atoms with E-state index >= 15 is 0 Å². The molecule has 2 aromatic carbocycles. The summed E-state index contributed by atoms with van der Waals surface area (Å²) in [5.74, 6) is 0.775. The van der Waals surface area contributed by atoms with Gasteiger partial charge in [0, 0.05) is 43.3 Å². The number of aliphatic imine (C=N–C) groups is 1. The molecule has 154 valence electrons. The van der Waals surface area contributed by atoms with Gasteiger partial charge < -0.3 is 15.0 Å². The standard InChI is InChI=1S/C23H25N5O2/c1-28(2)20-11-6-8-17(14-20)22(29)27-23(25-16-19-9-4-5-13-24-19)26-18-10-7-12-21(15-18)30-3/h4-15H,16H2,1-3H3,(H2,25,26,27,29). The average molecular weight is 403 g/mol. The van der Waals surface area contributed by atoms with Gasteiger partial charge >= 0.3 is 0 Å². The Balaban J connectivity index is 1.82. The average Bonchev–Trinajstić information content (AvgIpc) is 2.78. The fourth-order valence-corrected chi connectivity index (χ4v) is 2.70. The first-order valence-electron chi connectivity index (χ1n) is 9.49. The number of hydrogen-bond donors (Lipinski definition) is 2. The number of guanidine groups is 1. The summed E-state index contributed by atoms with van der Waals surface area (Å²) in [6.45, 7) is 0.325. The first kappa shape index (κ1) is 20.9. The molecular formula is C23H25N5O2. The summed E-state index contributed by atoms with van der Waals surface area (Å²) in [5, 5.41) is 6.03. The molecule has 1 amide bonds. The number of nitrogens with one attached hydrogen (secondary N) is 2. The summed E-state index contributed by atoms with van der Waals surface area (Å²) in [4.78, 5) is 23.6. The Bertz CT molecular complexity index is 1020. The monoisotopic (exact) mass is 403 g/mol. The summed E-state index contributed by atoms with van der Waals surface area (Å²) < 4.78 is 5.27. The molecule has 0 aliphatic carbocycles. The summed E-state index contributed by atoms with van der Waals surface area (Å²) in [6.07, 6.45) is 1.71. The lowest BCUT2D eigenvalue weighted by atomic mass is 10.2. The molecular weight excluding hydrogens is 378 g/mol. The van der Waals surface area contributed by atoms with E-state index < -0.39 is 0 Å². The van der Waals surface area contributed by atoms with Crippen molar-refractivity contribution in [1.82, 2.24) is 10.3 Å². The zero-order valence-electron chi connectivity index (χ0n) is 17.3. The van der Waals surface area contributed by atoms with Crippen LogP contribution in [0.5, 0.6) is 5.75 Å². The van der Waals surface area contributed by atoms with Gasteiger partial charge in [0.1, 0.15) is 5.75 Å². The SMILES string of the molecule is COc1cccc(NC(=NCc2ccccn2)NC(=O)c2cccc(N(C)C)c2)c1. The molecule has 7 heteroatoms. The highest BCUT2D eigenvalue weighted by Gasteiger charge is 2.11. The quantitative estimate of drug-likeness (QED) is 0.486. The van der Waals surface area contributed by atoms with Crippen LogP contribution in [0.3, 0.4) is 0 Å². The van der Waals surface area contributed by atoms with Crippen LogP contribution in [0.1, 0.15) is 16.1 Å². The number of ether oxygens (including phenoxy) is 1. The van der Waals surface area contributed by atoms with Crippen LogP contribution in [0.2, 0.25) is 0 Å². The molecule has 1 heterocycles. The summed E-state index contributed by atoms with van der Waals surface area (Å²) in [5.41, 5.74) is 3.03. The second kappa shape index (κ2) is 10.1. The number of pyridine rings is 1. The number of methoxy groups -OCH3 is 1. The van der Waals surface area contributed by atoms with Gasteiger partial charge in [-0.15, -0.1) is 0 Å². The largest absolute Gasteiger partial charge is 0.497 e. The van der Waals surface area contributed by atoms with E-state index in [0.717, 1.165) is 17.1 Å². The van der Waals surface area contributed by atoms with E-state index in [0.29, 0.717) is 23.8 Å². The van der Waals surface area contributed by atoms with E-state index in [1.54, 1.807) is 19.4 Å². The Morgan fingerprint density at radius 2 is 1.90 bits per heavy atom. The van der Waals surface area contributed by atoms with Gasteiger partial charge in [-0.25, -0.2) is 4.99 Å². The molecule has 3 rings (SSSR count). The van der Waals surface area contributed by atoms with Crippen molar-refractivity contribution in [1.29, 1.82) is 0 Å². The van der Waals surface area contributed by atoms with Gasteiger partial charge in [0.05, 0.1) is 19.3 Å². The van der Waals surface area contributed by atoms with Gasteiger partial charge in [0.2, 0.25) is 5.96 Å². The molecule has 0 aliphatic heterocycles. The number of rotatable bonds is 6. The van der Waals surface area contributed by atoms with Crippen molar-refractivity contribution in [2.75, 3.05) is 31.4 Å². The normalized spacial score (nSPS) is 11.0. The molecule has 0 radical (unpaired) electrons. The molecule has 2 N–H and O–H groups in total. The number of hydrogen-bond acceptors (Lipinski definition) is 5. The third kappa shape index (κ3) is 5.81. The van der Waals surface area contributed by atoms with E-state index in [1.807, 2.05) is 79.7 Å². The third-order valence-corrected chi connectivity index (χ3v) is 4.31. The number of carbonyl (C=O) groups excluding carboxylic acids is 1. The maximum absolute atomic E-state index is 12.9. The molecule has 0 saturated heterocycles. The van der Waals surface area contributed by atoms with Gasteiger partial charge in [0.15, 0.2) is 0 Å². The maximum atomic E-state index is 12.9. The van der Waals surface area contributed by atoms with Crippen molar-refractivity contribution in [3.63, 3.8) is 0 Å². The zero-order valence-corrected chi connectivity index (χ0v) is 17.3. The van der Waals surface area contributed by atoms with E-state index in [-0.39, 0.29) is 5.91 Å². The molecule has 0 fully saturated rings. The number of benzene rings is 2. The zero-order chi connectivity index (χ0) is 21.3. The maximum Gasteiger partial charge on any atom is 0.258 e. The highest BCUT2D eigenvalue weighted by Crippen LogP contribution is 2.17. The van der Waals surface area contributed by atoms with Crippen molar-refractivity contribution in [2.45, 2.75) is 6.54 Å². The molecule has 0 saturated carbocycles. The van der Waals surface area contributed by atoms with E-state index in [1.165, 1.54) is 0 Å². The lowest BCUT2D eigenvalue weighted by molar-refractivity contribution is 0.0977. The van der Waals surface area contributed by atoms with Crippen LogP contribution in [0.15, 0.2) is 77.9 Å². The minimum Gasteiger partial charge on any atom is -0.497 e. The van der Waals surface area contributed by atoms with Gasteiger partial charge in [-0.2, -0.15) is 0 Å². The highest BCUT2D eigenvalue weighted by atomic mass is 16.5. The van der Waals surface area contributed by atoms with Crippen molar-refractivity contribution in [3.05, 3.63) is 84.2 Å². The molecule has 0 aliphatic rings. The lowest BCUT2D eigenvalue weighted by Crippen LogP contribution is -2.36. The molecule has 0 bridgehead atoms. The van der Waals surface area contributed by atoms with Crippen LogP contribution in [0.25, 0.3) is 0 Å². The number of nitrogens with zero attached hydrogens (tertiary/aromatic N) is 3. The van der Waals surface area contributed by atoms with Crippen LogP contribution >= 0.6 is 0 Å². The van der Waals surface area contributed by atoms with Crippen LogP contribution in [0, 0.1) is 0 Å². The highest BCUT2D eigenvalue weighted by molar-refractivity contribution is 6.10. The lowest BCUT2D eigenvalue weighted by Gasteiger charge is -2.15. The fraction of sp³-hybridized carbons (Fsp3) is 0.174. The summed E-state index contributed by atoms with van der Waals surface area (Å²) in [7, 11) is 5.47. The molecule has 7 nitrogen and oxygen atoms in total. The van der Waals surface area contributed by atoms with Crippen molar-refractivity contribution < 1.29 is 9.53 Å². The Labute approximate surface area is 176 Å². The smallest absolute Gasteiger partial charge is 0.258 e. The van der Waals surface area contributed by atoms with Crippen molar-refractivity contribution in [3.8, 4) is 5.75 Å². The summed E-state index contributed by atoms with van der Waals surface area (Å²) >= 11 is 0. The molecule has 1 aromatic heterocycles. The first-order chi connectivity index (χ1) is 14.5. The van der Waals surface area contributed by atoms with Gasteiger partial charge in [-0.3, -0.25) is 15.1 Å². The van der Waals surface area contributed by atoms with E-state index in [9.17, 15) is 4.79 Å². The summed E-state index contributed by atoms with van der Waals surface area (Å²) in [6, 6.07) is 20.4. The number of anilines is 2. The van der Waals surface area contributed by atoms with Crippen LogP contribution < -0.4 is 20.3 Å². The second-order valence-corrected chi connectivity index (χ2v) is 6.74. The van der Waals surface area contributed by atoms with E-state index in [2.05, 4.69) is 20.6 Å². The molecule has 0 atom stereocenters. The molecule has 0 spiro atoms. The predicted molar refractivity (Wildman–Crippen MR) is 120 cm³/mol. The Hall–Kier alpha value is -3.87. The van der Waals surface area contributed by atoms with Gasteiger partial charge in [0.25, 0.3) is 5.91 Å². The number of carbonyl (C=O) groups is 1. The van der Waals surface area contributed by atoms with Gasteiger partial charge in [-0.1, -0.05) is 18.2 Å². The van der Waals surface area contributed by atoms with Gasteiger partial charge in [-0.05, 0) is 42.5 Å². The second-order valence-electron chi connectivity index (χ2n) is 6.74. The first-order valence-corrected chi connectivity index (χ1v) is 9.49. The minimum absolute atomic E-state index is 0.256. The number of amides is 1. The van der Waals surface area contributed by atoms with E-state index in [4.69, 9.17) is 4.74 Å². The Morgan fingerprint density at radius 1 is 1.07 bits per heavy atom. The Kier molecular flexibility index (Phi) is 7.00. The Morgan fingerprint density at radius 3 is 2.63 bits per heavy atom. The van der Waals surface area contributed by atoms with Crippen LogP contribution in [0.4, 0.5) is 11.4 Å². The third-order valence-electron chi connectivity index (χ3n) is 4.31. The minimum atomic E-state index is -0.256. The van der Waals surface area contributed by atoms with Crippen LogP contribution in [-0.2, 0) is 6.54 Å². The fourth-order valence-electron chi connectivity index (χ4n) is 2.70. The molecule has 30 heavy (non-hydrogen) atoms. The van der Waals surface area contributed by atoms with Crippen LogP contribution in [-0.4, -0.2) is 38.1 Å². The molecule has 3 aromatic rings. The predicted octanol–water partition coefficient (Wildman–Crippen LogP) is 3.55. The van der Waals surface area contributed by atoms with Crippen molar-refractivity contribution in [2.24, 2.45) is 4.99 Å².